The predicted molar refractivity (Wildman–Crippen MR) is 81.7 cm³/mol. The number of methoxy groups -OCH3 is 1. The van der Waals surface area contributed by atoms with E-state index in [9.17, 15) is 10.1 Å². The topological polar surface area (TPSA) is 90.2 Å². The van der Waals surface area contributed by atoms with Gasteiger partial charge in [0.2, 0.25) is 5.95 Å². The summed E-state index contributed by atoms with van der Waals surface area (Å²) in [4.78, 5) is 18.8. The number of halogens is 1. The van der Waals surface area contributed by atoms with Gasteiger partial charge in [0.05, 0.1) is 23.8 Å². The average molecular weight is 311 g/mol. The Morgan fingerprint density at radius 2 is 1.81 bits per heavy atom. The third kappa shape index (κ3) is 4.03. The standard InChI is InChI=1S/C13H14N4O3.ClH/c1-8-6-9(2)15-13(14-8)16-11-5-4-10(17(18)19)7-12(11)20-3;/h4-7H,1-3H3,(H,14,15,16);1H. The molecule has 1 aromatic carbocycles. The summed E-state index contributed by atoms with van der Waals surface area (Å²) in [5.41, 5.74) is 2.21. The molecule has 1 aromatic heterocycles. The van der Waals surface area contributed by atoms with Crippen molar-refractivity contribution in [3.63, 3.8) is 0 Å². The Kier molecular flexibility index (Phi) is 5.43. The van der Waals surface area contributed by atoms with Crippen molar-refractivity contribution in [3.05, 3.63) is 45.8 Å². The van der Waals surface area contributed by atoms with Gasteiger partial charge < -0.3 is 10.1 Å². The van der Waals surface area contributed by atoms with Crippen molar-refractivity contribution in [1.29, 1.82) is 0 Å². The molecular formula is C13H15ClN4O3. The van der Waals surface area contributed by atoms with E-state index in [0.29, 0.717) is 17.4 Å². The van der Waals surface area contributed by atoms with Crippen LogP contribution in [0.25, 0.3) is 0 Å². The first kappa shape index (κ1) is 16.6. The molecule has 0 aliphatic heterocycles. The third-order valence-corrected chi connectivity index (χ3v) is 2.62. The molecule has 0 saturated carbocycles. The lowest BCUT2D eigenvalue weighted by atomic mass is 10.2. The number of hydrogen-bond acceptors (Lipinski definition) is 6. The first-order valence-electron chi connectivity index (χ1n) is 5.91. The minimum absolute atomic E-state index is 0. The molecule has 0 radical (unpaired) electrons. The van der Waals surface area contributed by atoms with Crippen LogP contribution in [0.1, 0.15) is 11.4 Å². The van der Waals surface area contributed by atoms with E-state index in [-0.39, 0.29) is 18.1 Å². The number of aromatic nitrogens is 2. The van der Waals surface area contributed by atoms with Crippen molar-refractivity contribution >= 4 is 29.7 Å². The zero-order valence-electron chi connectivity index (χ0n) is 11.8. The van der Waals surface area contributed by atoms with Crippen molar-refractivity contribution < 1.29 is 9.66 Å². The Morgan fingerprint density at radius 1 is 1.19 bits per heavy atom. The zero-order chi connectivity index (χ0) is 14.7. The molecule has 1 N–H and O–H groups in total. The molecule has 0 fully saturated rings. The highest BCUT2D eigenvalue weighted by atomic mass is 35.5. The first-order chi connectivity index (χ1) is 9.49. The van der Waals surface area contributed by atoms with Crippen LogP contribution in [0.15, 0.2) is 24.3 Å². The van der Waals surface area contributed by atoms with E-state index in [0.717, 1.165) is 11.4 Å². The number of nitro groups is 1. The number of ether oxygens (including phenoxy) is 1. The highest BCUT2D eigenvalue weighted by molar-refractivity contribution is 5.85. The molecule has 1 heterocycles. The molecule has 8 heteroatoms. The Morgan fingerprint density at radius 3 is 2.33 bits per heavy atom. The van der Waals surface area contributed by atoms with Crippen LogP contribution in [0.2, 0.25) is 0 Å². The van der Waals surface area contributed by atoms with Crippen molar-refractivity contribution in [2.45, 2.75) is 13.8 Å². The smallest absolute Gasteiger partial charge is 0.273 e. The van der Waals surface area contributed by atoms with Gasteiger partial charge >= 0.3 is 0 Å². The van der Waals surface area contributed by atoms with Gasteiger partial charge in [0.1, 0.15) is 5.75 Å². The summed E-state index contributed by atoms with van der Waals surface area (Å²) in [6.07, 6.45) is 0. The number of rotatable bonds is 4. The lowest BCUT2D eigenvalue weighted by Gasteiger charge is -2.10. The molecular weight excluding hydrogens is 296 g/mol. The van der Waals surface area contributed by atoms with Gasteiger partial charge in [-0.1, -0.05) is 0 Å². The van der Waals surface area contributed by atoms with Gasteiger partial charge in [0.25, 0.3) is 5.69 Å². The number of nitrogens with zero attached hydrogens (tertiary/aromatic N) is 3. The fourth-order valence-electron chi connectivity index (χ4n) is 1.80. The molecule has 0 amide bonds. The Balaban J connectivity index is 0.00000220. The lowest BCUT2D eigenvalue weighted by molar-refractivity contribution is -0.384. The van der Waals surface area contributed by atoms with Crippen LogP contribution >= 0.6 is 12.4 Å². The van der Waals surface area contributed by atoms with Crippen molar-refractivity contribution in [1.82, 2.24) is 9.97 Å². The number of nitrogens with one attached hydrogen (secondary N) is 1. The zero-order valence-corrected chi connectivity index (χ0v) is 12.6. The summed E-state index contributed by atoms with van der Waals surface area (Å²) < 4.78 is 5.15. The van der Waals surface area contributed by atoms with Gasteiger partial charge in [-0.3, -0.25) is 10.1 Å². The van der Waals surface area contributed by atoms with Crippen LogP contribution in [0.3, 0.4) is 0 Å². The average Bonchev–Trinajstić information content (AvgIpc) is 2.37. The molecule has 7 nitrogen and oxygen atoms in total. The van der Waals surface area contributed by atoms with Gasteiger partial charge in [0, 0.05) is 17.5 Å². The van der Waals surface area contributed by atoms with Crippen LogP contribution in [0.5, 0.6) is 5.75 Å². The summed E-state index contributed by atoms with van der Waals surface area (Å²) in [5, 5.41) is 13.7. The molecule has 0 unspecified atom stereocenters. The number of anilines is 2. The van der Waals surface area contributed by atoms with E-state index in [1.54, 1.807) is 6.07 Å². The van der Waals surface area contributed by atoms with Gasteiger partial charge in [-0.2, -0.15) is 0 Å². The first-order valence-corrected chi connectivity index (χ1v) is 5.91. The summed E-state index contributed by atoms with van der Waals surface area (Å²) >= 11 is 0. The molecule has 21 heavy (non-hydrogen) atoms. The van der Waals surface area contributed by atoms with E-state index < -0.39 is 4.92 Å². The highest BCUT2D eigenvalue weighted by Crippen LogP contribution is 2.30. The van der Waals surface area contributed by atoms with Crippen LogP contribution in [0, 0.1) is 24.0 Å². The number of nitro benzene ring substituents is 1. The maximum absolute atomic E-state index is 10.7. The molecule has 0 aliphatic rings. The minimum atomic E-state index is -0.473. The van der Waals surface area contributed by atoms with E-state index in [1.165, 1.54) is 19.2 Å². The van der Waals surface area contributed by atoms with Gasteiger partial charge in [0.15, 0.2) is 0 Å². The van der Waals surface area contributed by atoms with Crippen molar-refractivity contribution in [2.24, 2.45) is 0 Å². The van der Waals surface area contributed by atoms with Gasteiger partial charge in [-0.25, -0.2) is 9.97 Å². The lowest BCUT2D eigenvalue weighted by Crippen LogP contribution is -2.02. The van der Waals surface area contributed by atoms with Crippen LogP contribution < -0.4 is 10.1 Å². The molecule has 0 bridgehead atoms. The van der Waals surface area contributed by atoms with Crippen LogP contribution in [-0.2, 0) is 0 Å². The Bertz CT molecular complexity index is 644. The molecule has 2 aromatic rings. The second-order valence-corrected chi connectivity index (χ2v) is 4.24. The normalized spacial score (nSPS) is 9.67. The number of aryl methyl sites for hydroxylation is 2. The van der Waals surface area contributed by atoms with E-state index in [2.05, 4.69) is 15.3 Å². The SMILES string of the molecule is COc1cc([N+](=O)[O-])ccc1Nc1nc(C)cc(C)n1.Cl. The molecule has 0 aliphatic carbocycles. The third-order valence-electron chi connectivity index (χ3n) is 2.62. The molecule has 0 saturated heterocycles. The fraction of sp³-hybridized carbons (Fsp3) is 0.231. The summed E-state index contributed by atoms with van der Waals surface area (Å²) in [6.45, 7) is 3.74. The molecule has 112 valence electrons. The van der Waals surface area contributed by atoms with Gasteiger partial charge in [-0.05, 0) is 26.0 Å². The van der Waals surface area contributed by atoms with Crippen molar-refractivity contribution in [2.75, 3.05) is 12.4 Å². The van der Waals surface area contributed by atoms with Crippen molar-refractivity contribution in [3.8, 4) is 5.75 Å². The summed E-state index contributed by atoms with van der Waals surface area (Å²) in [7, 11) is 1.45. The maximum atomic E-state index is 10.7. The number of hydrogen-bond donors (Lipinski definition) is 1. The predicted octanol–water partition coefficient (Wildman–Crippen LogP) is 3.18. The second kappa shape index (κ2) is 6.85. The highest BCUT2D eigenvalue weighted by Gasteiger charge is 2.12. The van der Waals surface area contributed by atoms with Gasteiger partial charge in [-0.15, -0.1) is 12.4 Å². The Hall–Kier alpha value is -2.41. The second-order valence-electron chi connectivity index (χ2n) is 4.24. The molecule has 0 spiro atoms. The number of benzene rings is 1. The minimum Gasteiger partial charge on any atom is -0.494 e. The monoisotopic (exact) mass is 310 g/mol. The van der Waals surface area contributed by atoms with E-state index in [4.69, 9.17) is 4.74 Å². The summed E-state index contributed by atoms with van der Waals surface area (Å²) in [6, 6.07) is 6.18. The fourth-order valence-corrected chi connectivity index (χ4v) is 1.80. The maximum Gasteiger partial charge on any atom is 0.273 e. The molecule has 2 rings (SSSR count). The van der Waals surface area contributed by atoms with E-state index in [1.807, 2.05) is 19.9 Å². The van der Waals surface area contributed by atoms with E-state index >= 15 is 0 Å². The Labute approximate surface area is 127 Å². The van der Waals surface area contributed by atoms with Crippen LogP contribution in [0.4, 0.5) is 17.3 Å². The largest absolute Gasteiger partial charge is 0.494 e. The number of non-ortho nitro benzene ring substituents is 1. The summed E-state index contributed by atoms with van der Waals surface area (Å²) in [5.74, 6) is 0.789. The quantitative estimate of drug-likeness (QED) is 0.689. The van der Waals surface area contributed by atoms with Crippen LogP contribution in [-0.4, -0.2) is 22.0 Å². The molecule has 0 atom stereocenters.